The second-order valence-electron chi connectivity index (χ2n) is 7.60. The number of rotatable bonds is 3. The average molecular weight is 424 g/mol. The van der Waals surface area contributed by atoms with Gasteiger partial charge in [0.15, 0.2) is 0 Å². The molecule has 29 heavy (non-hydrogen) atoms. The number of carbonyl (C=O) groups is 2. The summed E-state index contributed by atoms with van der Waals surface area (Å²) >= 11 is 1.06. The van der Waals surface area contributed by atoms with Crippen molar-refractivity contribution in [2.45, 2.75) is 48.9 Å². The van der Waals surface area contributed by atoms with Gasteiger partial charge < -0.3 is 10.6 Å². The van der Waals surface area contributed by atoms with Crippen molar-refractivity contribution in [2.75, 3.05) is 10.6 Å². The van der Waals surface area contributed by atoms with Crippen molar-refractivity contribution in [3.63, 3.8) is 0 Å². The largest absolute Gasteiger partial charge is 0.416 e. The van der Waals surface area contributed by atoms with Crippen LogP contribution in [0, 0.1) is 0 Å². The lowest BCUT2D eigenvalue weighted by molar-refractivity contribution is -0.137. The third kappa shape index (κ3) is 5.06. The summed E-state index contributed by atoms with van der Waals surface area (Å²) in [4.78, 5) is 33.5. The molecule has 1 aromatic heterocycles. The number of fused-ring (bicyclic) bond motifs is 1. The van der Waals surface area contributed by atoms with Crippen LogP contribution in [0.25, 0.3) is 0 Å². The highest BCUT2D eigenvalue weighted by atomic mass is 32.2. The molecule has 1 aliphatic rings. The van der Waals surface area contributed by atoms with Gasteiger partial charge in [-0.15, -0.1) is 11.8 Å². The number of halogens is 3. The number of thioether (sulfide) groups is 1. The van der Waals surface area contributed by atoms with E-state index >= 15 is 0 Å². The number of nitrogens with one attached hydrogen (secondary N) is 2. The minimum absolute atomic E-state index is 0.0950. The van der Waals surface area contributed by atoms with Crippen LogP contribution in [-0.4, -0.2) is 27.0 Å². The normalized spacial score (nSPS) is 16.8. The SMILES string of the molecule is CC(C)(C)c1ncc(NC(=O)C[C@@H]2Sc3ccc(C(F)(F)F)cc3NC2=O)cn1. The van der Waals surface area contributed by atoms with Gasteiger partial charge in [0.2, 0.25) is 11.8 Å². The van der Waals surface area contributed by atoms with E-state index in [1.54, 1.807) is 0 Å². The van der Waals surface area contributed by atoms with E-state index in [0.717, 1.165) is 23.9 Å². The highest BCUT2D eigenvalue weighted by molar-refractivity contribution is 8.01. The Morgan fingerprint density at radius 1 is 1.21 bits per heavy atom. The molecule has 0 aliphatic carbocycles. The Morgan fingerprint density at radius 2 is 1.86 bits per heavy atom. The summed E-state index contributed by atoms with van der Waals surface area (Å²) in [7, 11) is 0. The van der Waals surface area contributed by atoms with Crippen molar-refractivity contribution < 1.29 is 22.8 Å². The maximum Gasteiger partial charge on any atom is 0.416 e. The fraction of sp³-hybridized carbons (Fsp3) is 0.368. The standard InChI is InChI=1S/C19H19F3N4O2S/c1-18(2,3)17-23-8-11(9-24-17)25-15(27)7-14-16(28)26-12-6-10(19(20,21)22)4-5-13(12)29-14/h4-6,8-9,14H,7H2,1-3H3,(H,25,27)(H,26,28)/t14-/m0/s1. The van der Waals surface area contributed by atoms with Gasteiger partial charge in [-0.3, -0.25) is 9.59 Å². The maximum atomic E-state index is 12.8. The van der Waals surface area contributed by atoms with Crippen LogP contribution >= 0.6 is 11.8 Å². The number of alkyl halides is 3. The molecule has 1 atom stereocenters. The second kappa shape index (κ2) is 7.66. The Balaban J connectivity index is 1.65. The van der Waals surface area contributed by atoms with Crippen LogP contribution in [0.4, 0.5) is 24.5 Å². The summed E-state index contributed by atoms with van der Waals surface area (Å²) in [5.74, 6) is -0.302. The van der Waals surface area contributed by atoms with Crippen molar-refractivity contribution >= 4 is 35.0 Å². The van der Waals surface area contributed by atoms with E-state index < -0.39 is 28.8 Å². The van der Waals surface area contributed by atoms with Gasteiger partial charge in [-0.2, -0.15) is 13.2 Å². The number of amides is 2. The van der Waals surface area contributed by atoms with Crippen LogP contribution in [0.2, 0.25) is 0 Å². The topological polar surface area (TPSA) is 84.0 Å². The van der Waals surface area contributed by atoms with Gasteiger partial charge in [-0.05, 0) is 18.2 Å². The Kier molecular flexibility index (Phi) is 5.57. The van der Waals surface area contributed by atoms with E-state index in [0.29, 0.717) is 16.4 Å². The number of hydrogen-bond donors (Lipinski definition) is 2. The molecule has 2 aromatic rings. The number of carbonyl (C=O) groups excluding carboxylic acids is 2. The summed E-state index contributed by atoms with van der Waals surface area (Å²) in [6, 6.07) is 3.14. The third-order valence-corrected chi connectivity index (χ3v) is 5.38. The molecule has 1 aliphatic heterocycles. The lowest BCUT2D eigenvalue weighted by atomic mass is 9.96. The molecule has 0 fully saturated rings. The number of nitrogens with zero attached hydrogens (tertiary/aromatic N) is 2. The number of anilines is 2. The molecular formula is C19H19F3N4O2S. The van der Waals surface area contributed by atoms with Gasteiger partial charge in [-0.25, -0.2) is 9.97 Å². The monoisotopic (exact) mass is 424 g/mol. The van der Waals surface area contributed by atoms with E-state index in [2.05, 4.69) is 20.6 Å². The first-order chi connectivity index (χ1) is 13.4. The van der Waals surface area contributed by atoms with Crippen molar-refractivity contribution in [3.8, 4) is 0 Å². The summed E-state index contributed by atoms with van der Waals surface area (Å²) in [5, 5.41) is 4.33. The number of benzene rings is 1. The second-order valence-corrected chi connectivity index (χ2v) is 8.85. The molecular weight excluding hydrogens is 405 g/mol. The van der Waals surface area contributed by atoms with Gasteiger partial charge in [0, 0.05) is 16.7 Å². The fourth-order valence-electron chi connectivity index (χ4n) is 2.62. The molecule has 0 saturated heterocycles. The van der Waals surface area contributed by atoms with E-state index in [4.69, 9.17) is 0 Å². The Morgan fingerprint density at radius 3 is 2.45 bits per heavy atom. The smallest absolute Gasteiger partial charge is 0.324 e. The predicted octanol–water partition coefficient (Wildman–Crippen LogP) is 4.23. The quantitative estimate of drug-likeness (QED) is 0.770. The molecule has 6 nitrogen and oxygen atoms in total. The van der Waals surface area contributed by atoms with Crippen LogP contribution in [-0.2, 0) is 21.2 Å². The van der Waals surface area contributed by atoms with Crippen LogP contribution in [0.3, 0.4) is 0 Å². The highest BCUT2D eigenvalue weighted by Crippen LogP contribution is 2.40. The van der Waals surface area contributed by atoms with Crippen LogP contribution in [0.5, 0.6) is 0 Å². The zero-order valence-electron chi connectivity index (χ0n) is 15.9. The van der Waals surface area contributed by atoms with E-state index in [1.165, 1.54) is 18.5 Å². The number of hydrogen-bond acceptors (Lipinski definition) is 5. The average Bonchev–Trinajstić information content (AvgIpc) is 2.60. The zero-order valence-corrected chi connectivity index (χ0v) is 16.7. The molecule has 2 N–H and O–H groups in total. The predicted molar refractivity (Wildman–Crippen MR) is 104 cm³/mol. The molecule has 1 aromatic carbocycles. The van der Waals surface area contributed by atoms with Crippen LogP contribution < -0.4 is 10.6 Å². The molecule has 0 bridgehead atoms. The van der Waals surface area contributed by atoms with Crippen molar-refractivity contribution in [2.24, 2.45) is 0 Å². The summed E-state index contributed by atoms with van der Waals surface area (Å²) in [5.41, 5.74) is -0.567. The molecule has 10 heteroatoms. The molecule has 154 valence electrons. The summed E-state index contributed by atoms with van der Waals surface area (Å²) in [6.45, 7) is 5.90. The van der Waals surface area contributed by atoms with E-state index in [-0.39, 0.29) is 17.5 Å². The molecule has 0 unspecified atom stereocenters. The maximum absolute atomic E-state index is 12.8. The van der Waals surface area contributed by atoms with E-state index in [9.17, 15) is 22.8 Å². The fourth-order valence-corrected chi connectivity index (χ4v) is 3.71. The first-order valence-corrected chi connectivity index (χ1v) is 9.62. The third-order valence-electron chi connectivity index (χ3n) is 4.10. The van der Waals surface area contributed by atoms with E-state index in [1.807, 2.05) is 20.8 Å². The van der Waals surface area contributed by atoms with Crippen molar-refractivity contribution in [3.05, 3.63) is 42.0 Å². The first kappa shape index (κ1) is 21.1. The van der Waals surface area contributed by atoms with Gasteiger partial charge in [0.1, 0.15) is 5.82 Å². The van der Waals surface area contributed by atoms with Crippen LogP contribution in [0.1, 0.15) is 38.6 Å². The van der Waals surface area contributed by atoms with Crippen LogP contribution in [0.15, 0.2) is 35.5 Å². The molecule has 3 rings (SSSR count). The lowest BCUT2D eigenvalue weighted by Crippen LogP contribution is -2.32. The number of aromatic nitrogens is 2. The molecule has 2 heterocycles. The minimum Gasteiger partial charge on any atom is -0.324 e. The van der Waals surface area contributed by atoms with Crippen molar-refractivity contribution in [1.29, 1.82) is 0 Å². The summed E-state index contributed by atoms with van der Waals surface area (Å²) < 4.78 is 38.5. The minimum atomic E-state index is -4.49. The Bertz CT molecular complexity index is 940. The zero-order chi connectivity index (χ0) is 21.4. The first-order valence-electron chi connectivity index (χ1n) is 8.74. The Hall–Kier alpha value is -2.62. The van der Waals surface area contributed by atoms with Gasteiger partial charge in [-0.1, -0.05) is 20.8 Å². The Labute approximate surface area is 169 Å². The molecule has 0 spiro atoms. The van der Waals surface area contributed by atoms with Crippen molar-refractivity contribution in [1.82, 2.24) is 9.97 Å². The highest BCUT2D eigenvalue weighted by Gasteiger charge is 2.34. The van der Waals surface area contributed by atoms with Gasteiger partial charge >= 0.3 is 6.18 Å². The van der Waals surface area contributed by atoms with Gasteiger partial charge in [0.05, 0.1) is 34.6 Å². The molecule has 0 radical (unpaired) electrons. The lowest BCUT2D eigenvalue weighted by Gasteiger charge is -2.24. The molecule has 0 saturated carbocycles. The summed E-state index contributed by atoms with van der Waals surface area (Å²) in [6.07, 6.45) is -1.65. The van der Waals surface area contributed by atoms with Gasteiger partial charge in [0.25, 0.3) is 0 Å². The molecule has 2 amide bonds.